The predicted molar refractivity (Wildman–Crippen MR) is 156 cm³/mol. The highest BCUT2D eigenvalue weighted by Gasteiger charge is 2.39. The van der Waals surface area contributed by atoms with E-state index in [1.165, 1.54) is 15.6 Å². The second-order valence-electron chi connectivity index (χ2n) is 10.2. The summed E-state index contributed by atoms with van der Waals surface area (Å²) >= 11 is 7.50. The molecule has 13 nitrogen and oxygen atoms in total. The minimum Gasteiger partial charge on any atom is -0.475 e. The van der Waals surface area contributed by atoms with Gasteiger partial charge in [0.15, 0.2) is 5.01 Å². The van der Waals surface area contributed by atoms with Gasteiger partial charge >= 0.3 is 12.1 Å². The maximum atomic E-state index is 13.7. The first-order valence-corrected chi connectivity index (χ1v) is 16.2. The normalized spacial score (nSPS) is 17.4. The summed E-state index contributed by atoms with van der Waals surface area (Å²) in [6, 6.07) is 10.0. The Balaban J connectivity index is 0.000000515. The van der Waals surface area contributed by atoms with Crippen LogP contribution in [0.25, 0.3) is 10.8 Å². The van der Waals surface area contributed by atoms with E-state index < -0.39 is 22.2 Å². The highest BCUT2D eigenvalue weighted by molar-refractivity contribution is 7.89. The summed E-state index contributed by atoms with van der Waals surface area (Å²) in [4.78, 5) is 30.2. The molecule has 19 heteroatoms. The molecule has 6 rings (SSSR count). The zero-order chi connectivity index (χ0) is 32.4. The molecule has 4 aromatic rings. The topological polar surface area (TPSA) is 174 Å². The number of nitrogens with one attached hydrogen (secondary N) is 2. The summed E-state index contributed by atoms with van der Waals surface area (Å²) in [6.45, 7) is 2.19. The highest BCUT2D eigenvalue weighted by Crippen LogP contribution is 2.29. The van der Waals surface area contributed by atoms with Crippen LogP contribution < -0.4 is 5.32 Å². The molecule has 45 heavy (non-hydrogen) atoms. The van der Waals surface area contributed by atoms with E-state index in [2.05, 4.69) is 30.9 Å². The van der Waals surface area contributed by atoms with Gasteiger partial charge in [0.05, 0.1) is 10.6 Å². The van der Waals surface area contributed by atoms with Gasteiger partial charge in [-0.2, -0.15) is 17.5 Å². The SMILES string of the molecule is O=C(O)C(F)(F)F.O=C(c1nc2c(s1)CNCC2)N1CCN(S(=O)(=O)c2ccc3cc(Cl)ccc3c2)CC1CCc1nnn[nH]1. The number of hydrogen-bond acceptors (Lipinski definition) is 10. The predicted octanol–water partition coefficient (Wildman–Crippen LogP) is 2.89. The number of thiazole rings is 1. The van der Waals surface area contributed by atoms with Gasteiger partial charge in [-0.15, -0.1) is 16.4 Å². The third-order valence-electron chi connectivity index (χ3n) is 7.25. The Morgan fingerprint density at radius 2 is 1.87 bits per heavy atom. The number of tetrazole rings is 1. The van der Waals surface area contributed by atoms with Crippen LogP contribution in [0.4, 0.5) is 13.2 Å². The molecule has 1 fully saturated rings. The largest absolute Gasteiger partial charge is 0.490 e. The third-order valence-corrected chi connectivity index (χ3v) is 10.4. The Labute approximate surface area is 263 Å². The zero-order valence-corrected chi connectivity index (χ0v) is 25.7. The lowest BCUT2D eigenvalue weighted by Crippen LogP contribution is -2.56. The van der Waals surface area contributed by atoms with Gasteiger partial charge in [0.2, 0.25) is 10.0 Å². The van der Waals surface area contributed by atoms with Crippen molar-refractivity contribution in [3.05, 3.63) is 62.8 Å². The van der Waals surface area contributed by atoms with E-state index in [-0.39, 0.29) is 36.5 Å². The first kappa shape index (κ1) is 32.7. The van der Waals surface area contributed by atoms with Crippen molar-refractivity contribution in [3.63, 3.8) is 0 Å². The molecule has 0 radical (unpaired) electrons. The molecule has 1 atom stereocenters. The number of aryl methyl sites for hydroxylation is 1. The van der Waals surface area contributed by atoms with Crippen molar-refractivity contribution in [1.82, 2.24) is 40.1 Å². The van der Waals surface area contributed by atoms with Gasteiger partial charge in [-0.05, 0) is 51.9 Å². The summed E-state index contributed by atoms with van der Waals surface area (Å²) in [6.07, 6.45) is -3.31. The number of carboxylic acid groups (broad SMARTS) is 1. The first-order valence-electron chi connectivity index (χ1n) is 13.6. The fraction of sp³-hybridized carbons (Fsp3) is 0.385. The average Bonchev–Trinajstić information content (AvgIpc) is 3.69. The molecule has 2 aliphatic heterocycles. The van der Waals surface area contributed by atoms with Crippen molar-refractivity contribution >= 4 is 55.6 Å². The van der Waals surface area contributed by atoms with Crippen molar-refractivity contribution in [2.75, 3.05) is 26.2 Å². The number of H-pyrrole nitrogens is 1. The van der Waals surface area contributed by atoms with E-state index in [0.29, 0.717) is 35.2 Å². The molecule has 3 N–H and O–H groups in total. The van der Waals surface area contributed by atoms with E-state index >= 15 is 0 Å². The number of carbonyl (C=O) groups excluding carboxylic acids is 1. The van der Waals surface area contributed by atoms with Gasteiger partial charge in [0.25, 0.3) is 5.91 Å². The molecule has 2 aromatic heterocycles. The summed E-state index contributed by atoms with van der Waals surface area (Å²) < 4.78 is 60.6. The molecule has 0 saturated carbocycles. The molecule has 4 heterocycles. The van der Waals surface area contributed by atoms with E-state index in [0.717, 1.165) is 34.3 Å². The van der Waals surface area contributed by atoms with Crippen LogP contribution in [0.3, 0.4) is 0 Å². The summed E-state index contributed by atoms with van der Waals surface area (Å²) in [7, 11) is -3.79. The van der Waals surface area contributed by atoms with Crippen LogP contribution in [0.15, 0.2) is 41.3 Å². The number of benzene rings is 2. The van der Waals surface area contributed by atoms with E-state index in [9.17, 15) is 26.4 Å². The zero-order valence-electron chi connectivity index (χ0n) is 23.3. The van der Waals surface area contributed by atoms with Crippen molar-refractivity contribution in [3.8, 4) is 0 Å². The number of carbonyl (C=O) groups is 2. The molecule has 0 bridgehead atoms. The second-order valence-corrected chi connectivity index (χ2v) is 13.6. The molecule has 2 aliphatic rings. The number of rotatable bonds is 6. The molecule has 1 unspecified atom stereocenters. The monoisotopic (exact) mass is 686 g/mol. The van der Waals surface area contributed by atoms with Crippen LogP contribution in [0.2, 0.25) is 5.02 Å². The van der Waals surface area contributed by atoms with Gasteiger partial charge in [-0.25, -0.2) is 23.3 Å². The fourth-order valence-corrected chi connectivity index (χ4v) is 7.71. The number of piperazine rings is 1. The van der Waals surface area contributed by atoms with Gasteiger partial charge in [-0.3, -0.25) is 4.79 Å². The number of fused-ring (bicyclic) bond motifs is 2. The van der Waals surface area contributed by atoms with Crippen LogP contribution >= 0.6 is 22.9 Å². The quantitative estimate of drug-likeness (QED) is 0.274. The number of carboxylic acids is 1. The van der Waals surface area contributed by atoms with Crippen molar-refractivity contribution in [2.24, 2.45) is 0 Å². The van der Waals surface area contributed by atoms with Crippen molar-refractivity contribution < 1.29 is 36.3 Å². The molecule has 1 saturated heterocycles. The summed E-state index contributed by atoms with van der Waals surface area (Å²) in [5, 5.41) is 27.1. The van der Waals surface area contributed by atoms with Gasteiger partial charge in [0.1, 0.15) is 5.82 Å². The van der Waals surface area contributed by atoms with Gasteiger partial charge < -0.3 is 15.3 Å². The minimum absolute atomic E-state index is 0.162. The molecule has 2 aromatic carbocycles. The van der Waals surface area contributed by atoms with Gasteiger partial charge in [-0.1, -0.05) is 23.7 Å². The summed E-state index contributed by atoms with van der Waals surface area (Å²) in [5.41, 5.74) is 0.972. The first-order chi connectivity index (χ1) is 21.3. The minimum atomic E-state index is -5.08. The number of aromatic nitrogens is 5. The lowest BCUT2D eigenvalue weighted by Gasteiger charge is -2.40. The smallest absolute Gasteiger partial charge is 0.475 e. The maximum absolute atomic E-state index is 13.7. The number of aliphatic carboxylic acids is 1. The number of aromatic amines is 1. The molecule has 0 spiro atoms. The van der Waals surface area contributed by atoms with E-state index in [1.54, 1.807) is 35.2 Å². The average molecular weight is 687 g/mol. The Kier molecular flexibility index (Phi) is 9.68. The fourth-order valence-electron chi connectivity index (χ4n) is 4.99. The van der Waals surface area contributed by atoms with E-state index in [4.69, 9.17) is 21.5 Å². The Hall–Kier alpha value is -3.71. The van der Waals surface area contributed by atoms with Crippen LogP contribution in [0.1, 0.15) is 32.6 Å². The van der Waals surface area contributed by atoms with Crippen LogP contribution in [-0.2, 0) is 34.2 Å². The molecule has 1 amide bonds. The van der Waals surface area contributed by atoms with Crippen molar-refractivity contribution in [1.29, 1.82) is 0 Å². The summed E-state index contributed by atoms with van der Waals surface area (Å²) in [5.74, 6) is -2.33. The molecule has 240 valence electrons. The number of hydrogen-bond donors (Lipinski definition) is 3. The number of amides is 1. The van der Waals surface area contributed by atoms with E-state index in [1.807, 2.05) is 6.07 Å². The standard InChI is InChI=1S/C24H25ClN8O3S2.C2HF3O2/c25-17-3-1-16-12-19(5-2-15(16)11-17)38(35,36)32-9-10-33(18(14-32)4-6-22-28-30-31-29-22)24(34)23-27-20-7-8-26-13-21(20)37-23;3-2(4,5)1(6)7/h1-3,5,11-12,18,26H,4,6-10,13-14H2,(H,28,29,30,31);(H,6,7). The van der Waals surface area contributed by atoms with Gasteiger partial charge in [0, 0.05) is 61.5 Å². The molecular formula is C26H26ClF3N8O5S2. The third kappa shape index (κ3) is 7.58. The number of halogens is 4. The van der Waals surface area contributed by atoms with Crippen molar-refractivity contribution in [2.45, 2.75) is 42.9 Å². The Bertz CT molecular complexity index is 1780. The molecular weight excluding hydrogens is 661 g/mol. The Morgan fingerprint density at radius 3 is 2.56 bits per heavy atom. The number of nitrogens with zero attached hydrogens (tertiary/aromatic N) is 6. The maximum Gasteiger partial charge on any atom is 0.490 e. The molecule has 0 aliphatic carbocycles. The lowest BCUT2D eigenvalue weighted by molar-refractivity contribution is -0.192. The van der Waals surface area contributed by atoms with Crippen LogP contribution in [0, 0.1) is 0 Å². The Morgan fingerprint density at radius 1 is 1.13 bits per heavy atom. The van der Waals surface area contributed by atoms with Crippen LogP contribution in [0.5, 0.6) is 0 Å². The second kappa shape index (κ2) is 13.3. The van der Waals surface area contributed by atoms with Crippen LogP contribution in [-0.4, -0.2) is 98.6 Å². The number of alkyl halides is 3. The highest BCUT2D eigenvalue weighted by atomic mass is 35.5. The number of sulfonamides is 1. The lowest BCUT2D eigenvalue weighted by atomic mass is 10.1.